The van der Waals surface area contributed by atoms with Crippen molar-refractivity contribution >= 4 is 21.6 Å². The SMILES string of the molecule is CCc1nnc(C2CN(S(=O)(=O)c3ccc4c(c3)CCC(=O)N4)CCO2)o1. The Morgan fingerprint density at radius 1 is 1.30 bits per heavy atom. The van der Waals surface area contributed by atoms with Crippen LogP contribution >= 0.6 is 0 Å². The van der Waals surface area contributed by atoms with Crippen molar-refractivity contribution in [3.05, 3.63) is 35.5 Å². The number of rotatable bonds is 4. The Morgan fingerprint density at radius 3 is 2.93 bits per heavy atom. The van der Waals surface area contributed by atoms with E-state index in [-0.39, 0.29) is 30.5 Å². The Balaban J connectivity index is 1.57. The fourth-order valence-corrected chi connectivity index (χ4v) is 4.68. The van der Waals surface area contributed by atoms with E-state index in [2.05, 4.69) is 15.5 Å². The molecule has 3 heterocycles. The molecular formula is C17H20N4O5S. The van der Waals surface area contributed by atoms with Gasteiger partial charge in [0.25, 0.3) is 0 Å². The molecule has 1 unspecified atom stereocenters. The summed E-state index contributed by atoms with van der Waals surface area (Å²) in [5, 5.41) is 10.6. The summed E-state index contributed by atoms with van der Waals surface area (Å²) in [7, 11) is -3.70. The van der Waals surface area contributed by atoms with Crippen LogP contribution < -0.4 is 5.32 Å². The Labute approximate surface area is 156 Å². The molecule has 1 aromatic heterocycles. The third-order valence-electron chi connectivity index (χ3n) is 4.70. The summed E-state index contributed by atoms with van der Waals surface area (Å²) < 4.78 is 38.7. The molecule has 0 bridgehead atoms. The molecule has 2 aromatic rings. The fraction of sp³-hybridized carbons (Fsp3) is 0.471. The minimum absolute atomic E-state index is 0.0554. The van der Waals surface area contributed by atoms with Gasteiger partial charge in [0.2, 0.25) is 27.7 Å². The molecule has 0 radical (unpaired) electrons. The van der Waals surface area contributed by atoms with Crippen molar-refractivity contribution < 1.29 is 22.4 Å². The predicted octanol–water partition coefficient (Wildman–Crippen LogP) is 1.28. The van der Waals surface area contributed by atoms with Crippen LogP contribution in [0.25, 0.3) is 0 Å². The number of hydrogen-bond donors (Lipinski definition) is 1. The van der Waals surface area contributed by atoms with E-state index in [1.165, 1.54) is 10.4 Å². The summed E-state index contributed by atoms with van der Waals surface area (Å²) in [6, 6.07) is 4.80. The number of anilines is 1. The first-order valence-corrected chi connectivity index (χ1v) is 10.3. The van der Waals surface area contributed by atoms with Crippen molar-refractivity contribution in [2.45, 2.75) is 37.2 Å². The number of benzene rings is 1. The summed E-state index contributed by atoms with van der Waals surface area (Å²) in [5.41, 5.74) is 1.49. The van der Waals surface area contributed by atoms with Crippen molar-refractivity contribution in [1.29, 1.82) is 0 Å². The molecule has 2 aliphatic heterocycles. The van der Waals surface area contributed by atoms with Crippen molar-refractivity contribution in [3.8, 4) is 0 Å². The maximum atomic E-state index is 13.1. The molecule has 1 saturated heterocycles. The van der Waals surface area contributed by atoms with Gasteiger partial charge in [-0.05, 0) is 30.2 Å². The lowest BCUT2D eigenvalue weighted by Gasteiger charge is -2.30. The largest absolute Gasteiger partial charge is 0.422 e. The lowest BCUT2D eigenvalue weighted by molar-refractivity contribution is -0.116. The number of hydrogen-bond acceptors (Lipinski definition) is 7. The minimum Gasteiger partial charge on any atom is -0.422 e. The second-order valence-corrected chi connectivity index (χ2v) is 8.42. The van der Waals surface area contributed by atoms with Crippen LogP contribution in [-0.2, 0) is 32.4 Å². The number of sulfonamides is 1. The Morgan fingerprint density at radius 2 is 2.15 bits per heavy atom. The molecule has 1 N–H and O–H groups in total. The summed E-state index contributed by atoms with van der Waals surface area (Å²) >= 11 is 0. The number of carbonyl (C=O) groups is 1. The zero-order valence-corrected chi connectivity index (χ0v) is 15.7. The van der Waals surface area contributed by atoms with E-state index in [9.17, 15) is 13.2 Å². The molecule has 10 heteroatoms. The number of aryl methyl sites for hydroxylation is 2. The van der Waals surface area contributed by atoms with Crippen LogP contribution in [-0.4, -0.2) is 48.5 Å². The van der Waals surface area contributed by atoms with Gasteiger partial charge in [0, 0.05) is 31.6 Å². The van der Waals surface area contributed by atoms with Crippen molar-refractivity contribution in [3.63, 3.8) is 0 Å². The van der Waals surface area contributed by atoms with Crippen molar-refractivity contribution in [2.75, 3.05) is 25.0 Å². The van der Waals surface area contributed by atoms with Gasteiger partial charge in [0.05, 0.1) is 11.5 Å². The van der Waals surface area contributed by atoms with E-state index in [1.807, 2.05) is 6.92 Å². The zero-order chi connectivity index (χ0) is 19.0. The number of fused-ring (bicyclic) bond motifs is 1. The molecular weight excluding hydrogens is 372 g/mol. The summed E-state index contributed by atoms with van der Waals surface area (Å²) in [5.74, 6) is 0.727. The summed E-state index contributed by atoms with van der Waals surface area (Å²) in [6.45, 7) is 2.51. The van der Waals surface area contributed by atoms with Gasteiger partial charge in [0.1, 0.15) is 6.10 Å². The molecule has 4 rings (SSSR count). The molecule has 2 aliphatic rings. The van der Waals surface area contributed by atoms with Crippen molar-refractivity contribution in [2.24, 2.45) is 0 Å². The summed E-state index contributed by atoms with van der Waals surface area (Å²) in [6.07, 6.45) is 0.900. The number of aromatic nitrogens is 2. The van der Waals surface area contributed by atoms with Crippen LogP contribution in [0.3, 0.4) is 0 Å². The maximum absolute atomic E-state index is 13.1. The monoisotopic (exact) mass is 392 g/mol. The number of carbonyl (C=O) groups excluding carboxylic acids is 1. The van der Waals surface area contributed by atoms with Gasteiger partial charge in [-0.25, -0.2) is 8.42 Å². The number of ether oxygens (including phenoxy) is 1. The molecule has 1 fully saturated rings. The first-order valence-electron chi connectivity index (χ1n) is 8.84. The van der Waals surface area contributed by atoms with Gasteiger partial charge in [-0.1, -0.05) is 6.92 Å². The number of morpholine rings is 1. The van der Waals surface area contributed by atoms with Crippen LogP contribution in [0.1, 0.15) is 36.8 Å². The van der Waals surface area contributed by atoms with Crippen LogP contribution in [0, 0.1) is 0 Å². The Bertz CT molecular complexity index is 971. The normalized spacial score (nSPS) is 20.9. The van der Waals surface area contributed by atoms with Crippen LogP contribution in [0.15, 0.2) is 27.5 Å². The maximum Gasteiger partial charge on any atom is 0.246 e. The molecule has 27 heavy (non-hydrogen) atoms. The first-order chi connectivity index (χ1) is 13.0. The molecule has 1 amide bonds. The van der Waals surface area contributed by atoms with Gasteiger partial charge < -0.3 is 14.5 Å². The third-order valence-corrected chi connectivity index (χ3v) is 6.56. The lowest BCUT2D eigenvalue weighted by atomic mass is 10.0. The van der Waals surface area contributed by atoms with E-state index in [0.29, 0.717) is 36.7 Å². The van der Waals surface area contributed by atoms with Crippen LogP contribution in [0.2, 0.25) is 0 Å². The summed E-state index contributed by atoms with van der Waals surface area (Å²) in [4.78, 5) is 11.7. The Kier molecular flexibility index (Phi) is 4.70. The number of nitrogens with zero attached hydrogens (tertiary/aromatic N) is 3. The number of amides is 1. The molecule has 0 spiro atoms. The highest BCUT2D eigenvalue weighted by Gasteiger charge is 2.34. The smallest absolute Gasteiger partial charge is 0.246 e. The fourth-order valence-electron chi connectivity index (χ4n) is 3.20. The molecule has 1 atom stereocenters. The average molecular weight is 392 g/mol. The van der Waals surface area contributed by atoms with E-state index >= 15 is 0 Å². The van der Waals surface area contributed by atoms with E-state index in [0.717, 1.165) is 5.56 Å². The highest BCUT2D eigenvalue weighted by Crippen LogP contribution is 2.29. The van der Waals surface area contributed by atoms with E-state index in [1.54, 1.807) is 12.1 Å². The van der Waals surface area contributed by atoms with Crippen molar-refractivity contribution in [1.82, 2.24) is 14.5 Å². The molecule has 144 valence electrons. The Hall–Kier alpha value is -2.30. The van der Waals surface area contributed by atoms with E-state index < -0.39 is 16.1 Å². The standard InChI is InChI=1S/C17H20N4O5S/c1-2-16-19-20-17(26-16)14-10-21(7-8-25-14)27(23,24)12-4-5-13-11(9-12)3-6-15(22)18-13/h4-5,9,14H,2-3,6-8,10H2,1H3,(H,18,22). The lowest BCUT2D eigenvalue weighted by Crippen LogP contribution is -2.42. The highest BCUT2D eigenvalue weighted by atomic mass is 32.2. The van der Waals surface area contributed by atoms with Gasteiger partial charge in [0.15, 0.2) is 0 Å². The second-order valence-electron chi connectivity index (χ2n) is 6.48. The minimum atomic E-state index is -3.70. The number of nitrogens with one attached hydrogen (secondary N) is 1. The zero-order valence-electron chi connectivity index (χ0n) is 14.8. The predicted molar refractivity (Wildman–Crippen MR) is 94.5 cm³/mol. The second kappa shape index (κ2) is 7.02. The molecule has 1 aromatic carbocycles. The average Bonchev–Trinajstić information content (AvgIpc) is 3.17. The van der Waals surface area contributed by atoms with Crippen LogP contribution in [0.4, 0.5) is 5.69 Å². The third kappa shape index (κ3) is 3.47. The molecule has 0 saturated carbocycles. The first kappa shape index (κ1) is 18.1. The van der Waals surface area contributed by atoms with Gasteiger partial charge in [-0.3, -0.25) is 4.79 Å². The van der Waals surface area contributed by atoms with Crippen LogP contribution in [0.5, 0.6) is 0 Å². The molecule has 0 aliphatic carbocycles. The van der Waals surface area contributed by atoms with Gasteiger partial charge >= 0.3 is 0 Å². The highest BCUT2D eigenvalue weighted by molar-refractivity contribution is 7.89. The topological polar surface area (TPSA) is 115 Å². The van der Waals surface area contributed by atoms with E-state index in [4.69, 9.17) is 9.15 Å². The van der Waals surface area contributed by atoms with Gasteiger partial charge in [-0.15, -0.1) is 10.2 Å². The molecule has 9 nitrogen and oxygen atoms in total. The van der Waals surface area contributed by atoms with Gasteiger partial charge in [-0.2, -0.15) is 4.31 Å². The quantitative estimate of drug-likeness (QED) is 0.833.